The highest BCUT2D eigenvalue weighted by atomic mass is 32.2. The van der Waals surface area contributed by atoms with Gasteiger partial charge in [0, 0.05) is 0 Å². The molecule has 37 heavy (non-hydrogen) atoms. The largest absolute Gasteiger partial charge is 0.469 e. The third-order valence-electron chi connectivity index (χ3n) is 6.11. The first kappa shape index (κ1) is 24.3. The van der Waals surface area contributed by atoms with Crippen LogP contribution in [0.3, 0.4) is 0 Å². The lowest BCUT2D eigenvalue weighted by molar-refractivity contribution is -0.138. The molecule has 11 heteroatoms. The summed E-state index contributed by atoms with van der Waals surface area (Å²) < 4.78 is 7.36. The number of hydrogen-bond acceptors (Lipinski definition) is 7. The maximum absolute atomic E-state index is 13.1. The topological polar surface area (TPSA) is 122 Å². The van der Waals surface area contributed by atoms with Crippen LogP contribution in [0.2, 0.25) is 0 Å². The molecule has 0 bridgehead atoms. The Hall–Kier alpha value is -4.38. The summed E-state index contributed by atoms with van der Waals surface area (Å²) in [4.78, 5) is 38.4. The van der Waals surface area contributed by atoms with E-state index >= 15 is 0 Å². The number of nitrogens with zero attached hydrogens (tertiary/aromatic N) is 4. The Morgan fingerprint density at radius 2 is 1.76 bits per heavy atom. The summed E-state index contributed by atoms with van der Waals surface area (Å²) in [6, 6.07) is 19.8. The van der Waals surface area contributed by atoms with Gasteiger partial charge in [-0.25, -0.2) is 4.79 Å². The molecule has 1 fully saturated rings. The van der Waals surface area contributed by atoms with E-state index in [-0.39, 0.29) is 5.75 Å². The van der Waals surface area contributed by atoms with Crippen LogP contribution >= 0.6 is 11.8 Å². The number of thioether (sulfide) groups is 1. The number of hydrazine groups is 1. The minimum absolute atomic E-state index is 0.0869. The van der Waals surface area contributed by atoms with Crippen molar-refractivity contribution in [1.29, 1.82) is 0 Å². The van der Waals surface area contributed by atoms with E-state index in [9.17, 15) is 14.4 Å². The van der Waals surface area contributed by atoms with Gasteiger partial charge in [0.2, 0.25) is 5.91 Å². The van der Waals surface area contributed by atoms with Crippen molar-refractivity contribution in [2.75, 3.05) is 5.75 Å². The summed E-state index contributed by atoms with van der Waals surface area (Å²) >= 11 is 1.16. The molecule has 1 aliphatic rings. The second-order valence-corrected chi connectivity index (χ2v) is 9.60. The van der Waals surface area contributed by atoms with Gasteiger partial charge in [0.05, 0.1) is 24.1 Å². The first-order valence-electron chi connectivity index (χ1n) is 11.5. The number of amides is 4. The molecular formula is C26H24N6O4S. The summed E-state index contributed by atoms with van der Waals surface area (Å²) in [5.41, 5.74) is 3.62. The van der Waals surface area contributed by atoms with Crippen molar-refractivity contribution in [3.63, 3.8) is 0 Å². The average molecular weight is 517 g/mol. The van der Waals surface area contributed by atoms with Gasteiger partial charge in [0.25, 0.3) is 5.91 Å². The van der Waals surface area contributed by atoms with Gasteiger partial charge in [0.1, 0.15) is 11.3 Å². The molecule has 10 nitrogen and oxygen atoms in total. The first-order valence-corrected chi connectivity index (χ1v) is 12.5. The monoisotopic (exact) mass is 516 g/mol. The number of aryl methyl sites for hydroxylation is 1. The van der Waals surface area contributed by atoms with E-state index in [4.69, 9.17) is 4.42 Å². The SMILES string of the molecule is Cc1occc1-c1nnc(SCC(=O)NN2C(=O)N[C@@](C)(c3ccccc3)C2=O)n1Cc1ccccc1. The number of aromatic nitrogens is 3. The van der Waals surface area contributed by atoms with Crippen molar-refractivity contribution in [2.24, 2.45) is 0 Å². The Bertz CT molecular complexity index is 1450. The number of imide groups is 1. The minimum Gasteiger partial charge on any atom is -0.469 e. The first-order chi connectivity index (χ1) is 17.9. The van der Waals surface area contributed by atoms with Crippen LogP contribution in [0.15, 0.2) is 82.6 Å². The van der Waals surface area contributed by atoms with E-state index in [0.29, 0.717) is 28.8 Å². The zero-order valence-corrected chi connectivity index (χ0v) is 21.0. The summed E-state index contributed by atoms with van der Waals surface area (Å²) in [6.45, 7) is 3.94. The number of urea groups is 1. The summed E-state index contributed by atoms with van der Waals surface area (Å²) in [7, 11) is 0. The fourth-order valence-electron chi connectivity index (χ4n) is 4.12. The Kier molecular flexibility index (Phi) is 6.53. The highest BCUT2D eigenvalue weighted by molar-refractivity contribution is 7.99. The van der Waals surface area contributed by atoms with Crippen LogP contribution in [-0.4, -0.2) is 43.4 Å². The molecule has 4 aromatic rings. The van der Waals surface area contributed by atoms with Crippen molar-refractivity contribution in [2.45, 2.75) is 31.1 Å². The fourth-order valence-corrected chi connectivity index (χ4v) is 4.85. The number of benzene rings is 2. The van der Waals surface area contributed by atoms with E-state index in [1.165, 1.54) is 0 Å². The van der Waals surface area contributed by atoms with E-state index in [2.05, 4.69) is 20.9 Å². The van der Waals surface area contributed by atoms with Crippen molar-refractivity contribution < 1.29 is 18.8 Å². The van der Waals surface area contributed by atoms with E-state index < -0.39 is 23.4 Å². The highest BCUT2D eigenvalue weighted by Gasteiger charge is 2.49. The zero-order valence-electron chi connectivity index (χ0n) is 20.2. The Balaban J connectivity index is 1.31. The lowest BCUT2D eigenvalue weighted by Crippen LogP contribution is -2.48. The summed E-state index contributed by atoms with van der Waals surface area (Å²) in [5, 5.41) is 12.6. The number of carbonyl (C=O) groups excluding carboxylic acids is 3. The summed E-state index contributed by atoms with van der Waals surface area (Å²) in [6.07, 6.45) is 1.59. The molecule has 0 unspecified atom stereocenters. The zero-order chi connectivity index (χ0) is 26.0. The molecule has 2 N–H and O–H groups in total. The third kappa shape index (κ3) is 4.73. The molecular weight excluding hydrogens is 492 g/mol. The fraction of sp³-hybridized carbons (Fsp3) is 0.192. The predicted molar refractivity (Wildman–Crippen MR) is 136 cm³/mol. The van der Waals surface area contributed by atoms with Gasteiger partial charge in [0.15, 0.2) is 11.0 Å². The molecule has 0 saturated carbocycles. The van der Waals surface area contributed by atoms with E-state index in [0.717, 1.165) is 27.9 Å². The second kappa shape index (κ2) is 9.94. The van der Waals surface area contributed by atoms with Gasteiger partial charge in [-0.1, -0.05) is 72.4 Å². The van der Waals surface area contributed by atoms with Crippen LogP contribution in [0, 0.1) is 6.92 Å². The van der Waals surface area contributed by atoms with Crippen LogP contribution in [0.25, 0.3) is 11.4 Å². The molecule has 0 spiro atoms. The van der Waals surface area contributed by atoms with Gasteiger partial charge in [-0.2, -0.15) is 5.01 Å². The maximum Gasteiger partial charge on any atom is 0.344 e. The molecule has 0 aliphatic carbocycles. The Morgan fingerprint density at radius 3 is 2.43 bits per heavy atom. The van der Waals surface area contributed by atoms with E-state index in [1.54, 1.807) is 37.5 Å². The van der Waals surface area contributed by atoms with Gasteiger partial charge < -0.3 is 9.73 Å². The number of hydrogen-bond donors (Lipinski definition) is 2. The molecule has 2 aromatic heterocycles. The van der Waals surface area contributed by atoms with Gasteiger partial charge in [-0.05, 0) is 31.0 Å². The number of furan rings is 1. The van der Waals surface area contributed by atoms with Crippen molar-refractivity contribution in [1.82, 2.24) is 30.5 Å². The lowest BCUT2D eigenvalue weighted by Gasteiger charge is -2.22. The normalized spacial score (nSPS) is 17.2. The van der Waals surface area contributed by atoms with Crippen LogP contribution < -0.4 is 10.7 Å². The van der Waals surface area contributed by atoms with Crippen LogP contribution in [0.4, 0.5) is 4.79 Å². The van der Waals surface area contributed by atoms with Gasteiger partial charge in [-0.15, -0.1) is 10.2 Å². The predicted octanol–water partition coefficient (Wildman–Crippen LogP) is 3.49. The maximum atomic E-state index is 13.1. The standard InChI is InChI=1S/C26H24N6O4S/c1-17-20(13-14-36-17)22-28-29-25(31(22)15-18-9-5-3-6-10-18)37-16-21(33)30-32-23(34)26(2,27-24(32)35)19-11-7-4-8-12-19/h3-14H,15-16H2,1-2H3,(H,27,35)(H,30,33)/t26-/m0/s1. The Labute approximate surface area is 217 Å². The lowest BCUT2D eigenvalue weighted by atomic mass is 9.92. The molecule has 3 heterocycles. The van der Waals surface area contributed by atoms with Crippen molar-refractivity contribution in [3.8, 4) is 11.4 Å². The van der Waals surface area contributed by atoms with Gasteiger partial charge in [-0.3, -0.25) is 19.6 Å². The molecule has 188 valence electrons. The quantitative estimate of drug-likeness (QED) is 0.272. The van der Waals surface area contributed by atoms with Crippen LogP contribution in [-0.2, 0) is 21.7 Å². The summed E-state index contributed by atoms with van der Waals surface area (Å²) in [5.74, 6) is 0.144. The third-order valence-corrected chi connectivity index (χ3v) is 7.08. The van der Waals surface area contributed by atoms with Crippen molar-refractivity contribution in [3.05, 3.63) is 89.9 Å². The van der Waals surface area contributed by atoms with Crippen molar-refractivity contribution >= 4 is 29.6 Å². The molecule has 1 saturated heterocycles. The molecule has 4 amide bonds. The molecule has 2 aromatic carbocycles. The highest BCUT2D eigenvalue weighted by Crippen LogP contribution is 2.29. The van der Waals surface area contributed by atoms with Crippen LogP contribution in [0.1, 0.15) is 23.8 Å². The smallest absolute Gasteiger partial charge is 0.344 e. The Morgan fingerprint density at radius 1 is 1.05 bits per heavy atom. The van der Waals surface area contributed by atoms with Crippen LogP contribution in [0.5, 0.6) is 0 Å². The molecule has 1 aliphatic heterocycles. The number of carbonyl (C=O) groups is 3. The average Bonchev–Trinajstić information content (AvgIpc) is 3.57. The number of nitrogens with one attached hydrogen (secondary N) is 2. The molecule has 5 rings (SSSR count). The van der Waals surface area contributed by atoms with E-state index in [1.807, 2.05) is 54.0 Å². The molecule has 1 atom stereocenters. The van der Waals surface area contributed by atoms with Gasteiger partial charge >= 0.3 is 6.03 Å². The molecule has 0 radical (unpaired) electrons. The minimum atomic E-state index is -1.27. The number of rotatable bonds is 8. The second-order valence-electron chi connectivity index (χ2n) is 8.65.